The van der Waals surface area contributed by atoms with E-state index in [9.17, 15) is 9.90 Å². The maximum Gasteiger partial charge on any atom is 0.281 e. The molecule has 3 rings (SSSR count). The van der Waals surface area contributed by atoms with E-state index in [4.69, 9.17) is 4.42 Å². The van der Waals surface area contributed by atoms with Crippen LogP contribution in [-0.4, -0.2) is 31.3 Å². The number of halogens is 1. The summed E-state index contributed by atoms with van der Waals surface area (Å²) in [4.78, 5) is 14.7. The molecule has 0 saturated heterocycles. The zero-order valence-corrected chi connectivity index (χ0v) is 17.1. The summed E-state index contributed by atoms with van der Waals surface area (Å²) in [5.74, 6) is 0.427. The highest BCUT2D eigenvalue weighted by Gasteiger charge is 2.39. The van der Waals surface area contributed by atoms with E-state index in [-0.39, 0.29) is 0 Å². The summed E-state index contributed by atoms with van der Waals surface area (Å²) in [6, 6.07) is 19.2. The maximum atomic E-state index is 12.9. The molecule has 144 valence electrons. The third kappa shape index (κ3) is 4.00. The van der Waals surface area contributed by atoms with Gasteiger partial charge in [-0.2, -0.15) is 5.10 Å². The van der Waals surface area contributed by atoms with Crippen LogP contribution in [0.25, 0.3) is 0 Å². The van der Waals surface area contributed by atoms with Gasteiger partial charge < -0.3 is 14.4 Å². The van der Waals surface area contributed by atoms with Gasteiger partial charge in [0.15, 0.2) is 11.4 Å². The number of amides is 1. The SMILES string of the molecule is CN(C)c1oc(/C=N\NC(=O)C(O)(c2ccccc2)c2ccccc2)cc1Br. The zero-order chi connectivity index (χ0) is 20.1. The number of nitrogens with one attached hydrogen (secondary N) is 1. The van der Waals surface area contributed by atoms with Crippen molar-refractivity contribution in [2.24, 2.45) is 5.10 Å². The fourth-order valence-corrected chi connectivity index (χ4v) is 3.43. The average molecular weight is 442 g/mol. The van der Waals surface area contributed by atoms with Crippen LogP contribution in [0.1, 0.15) is 16.9 Å². The Morgan fingerprint density at radius 2 is 1.64 bits per heavy atom. The average Bonchev–Trinajstić information content (AvgIpc) is 3.09. The molecule has 0 bridgehead atoms. The molecule has 6 nitrogen and oxygen atoms in total. The first-order valence-corrected chi connectivity index (χ1v) is 9.36. The molecule has 0 unspecified atom stereocenters. The van der Waals surface area contributed by atoms with Gasteiger partial charge in [0.05, 0.1) is 10.7 Å². The molecule has 1 amide bonds. The lowest BCUT2D eigenvalue weighted by molar-refractivity contribution is -0.136. The molecule has 0 radical (unpaired) electrons. The number of hydrogen-bond donors (Lipinski definition) is 2. The lowest BCUT2D eigenvalue weighted by atomic mass is 9.85. The fourth-order valence-electron chi connectivity index (χ4n) is 2.77. The second-order valence-corrected chi connectivity index (χ2v) is 7.19. The molecule has 1 aromatic heterocycles. The molecule has 0 saturated carbocycles. The van der Waals surface area contributed by atoms with Crippen molar-refractivity contribution in [1.82, 2.24) is 5.43 Å². The van der Waals surface area contributed by atoms with Crippen molar-refractivity contribution in [1.29, 1.82) is 0 Å². The smallest absolute Gasteiger partial charge is 0.281 e. The molecule has 0 aliphatic carbocycles. The van der Waals surface area contributed by atoms with Crippen LogP contribution >= 0.6 is 15.9 Å². The molecule has 7 heteroatoms. The number of carbonyl (C=O) groups is 1. The third-order valence-corrected chi connectivity index (χ3v) is 4.73. The predicted octanol–water partition coefficient (Wildman–Crippen LogP) is 3.49. The second-order valence-electron chi connectivity index (χ2n) is 6.34. The highest BCUT2D eigenvalue weighted by Crippen LogP contribution is 2.30. The van der Waals surface area contributed by atoms with Crippen molar-refractivity contribution < 1.29 is 14.3 Å². The van der Waals surface area contributed by atoms with E-state index in [0.717, 1.165) is 4.47 Å². The van der Waals surface area contributed by atoms with Crippen LogP contribution in [0.5, 0.6) is 0 Å². The van der Waals surface area contributed by atoms with Gasteiger partial charge >= 0.3 is 0 Å². The Morgan fingerprint density at radius 3 is 2.11 bits per heavy atom. The van der Waals surface area contributed by atoms with Gasteiger partial charge in [-0.1, -0.05) is 60.7 Å². The molecular formula is C21H20BrN3O3. The lowest BCUT2D eigenvalue weighted by Crippen LogP contribution is -2.43. The molecule has 28 heavy (non-hydrogen) atoms. The molecule has 1 heterocycles. The first-order chi connectivity index (χ1) is 13.4. The van der Waals surface area contributed by atoms with Gasteiger partial charge in [-0.15, -0.1) is 0 Å². The van der Waals surface area contributed by atoms with Crippen LogP contribution in [0.3, 0.4) is 0 Å². The predicted molar refractivity (Wildman–Crippen MR) is 112 cm³/mol. The number of hydrazone groups is 1. The monoisotopic (exact) mass is 441 g/mol. The van der Waals surface area contributed by atoms with E-state index in [1.54, 1.807) is 54.6 Å². The maximum absolute atomic E-state index is 12.9. The van der Waals surface area contributed by atoms with E-state index in [2.05, 4.69) is 26.5 Å². The van der Waals surface area contributed by atoms with Gasteiger partial charge in [-0.25, -0.2) is 5.43 Å². The summed E-state index contributed by atoms with van der Waals surface area (Å²) in [6.45, 7) is 0. The van der Waals surface area contributed by atoms with Crippen molar-refractivity contribution in [2.75, 3.05) is 19.0 Å². The number of furan rings is 1. The van der Waals surface area contributed by atoms with E-state index in [1.807, 2.05) is 31.1 Å². The Morgan fingerprint density at radius 1 is 1.11 bits per heavy atom. The Kier molecular flexibility index (Phi) is 5.96. The van der Waals surface area contributed by atoms with Crippen LogP contribution in [0.15, 0.2) is 80.7 Å². The van der Waals surface area contributed by atoms with Gasteiger partial charge in [-0.3, -0.25) is 4.79 Å². The van der Waals surface area contributed by atoms with Crippen molar-refractivity contribution in [3.63, 3.8) is 0 Å². The summed E-state index contributed by atoms with van der Waals surface area (Å²) < 4.78 is 6.40. The van der Waals surface area contributed by atoms with Crippen molar-refractivity contribution in [2.45, 2.75) is 5.60 Å². The highest BCUT2D eigenvalue weighted by molar-refractivity contribution is 9.10. The molecular weight excluding hydrogens is 422 g/mol. The summed E-state index contributed by atoms with van der Waals surface area (Å²) >= 11 is 3.41. The number of benzene rings is 2. The topological polar surface area (TPSA) is 78.1 Å². The van der Waals surface area contributed by atoms with E-state index in [0.29, 0.717) is 22.8 Å². The Labute approximate surface area is 171 Å². The van der Waals surface area contributed by atoms with Gasteiger partial charge in [0.2, 0.25) is 5.88 Å². The zero-order valence-electron chi connectivity index (χ0n) is 15.5. The van der Waals surface area contributed by atoms with E-state index in [1.165, 1.54) is 6.21 Å². The lowest BCUT2D eigenvalue weighted by Gasteiger charge is -2.26. The van der Waals surface area contributed by atoms with Crippen LogP contribution < -0.4 is 10.3 Å². The van der Waals surface area contributed by atoms with Crippen LogP contribution in [-0.2, 0) is 10.4 Å². The van der Waals surface area contributed by atoms with E-state index >= 15 is 0 Å². The number of anilines is 1. The third-order valence-electron chi connectivity index (χ3n) is 4.16. The molecule has 3 aromatic rings. The minimum atomic E-state index is -1.88. The van der Waals surface area contributed by atoms with Gasteiger partial charge in [0.1, 0.15) is 0 Å². The Balaban J connectivity index is 1.86. The fraction of sp³-hybridized carbons (Fsp3) is 0.143. The first-order valence-electron chi connectivity index (χ1n) is 8.56. The quantitative estimate of drug-likeness (QED) is 0.453. The Hall–Kier alpha value is -2.90. The van der Waals surface area contributed by atoms with Crippen molar-refractivity contribution in [3.05, 3.63) is 88.1 Å². The molecule has 2 aromatic carbocycles. The van der Waals surface area contributed by atoms with Gasteiger partial charge in [-0.05, 0) is 27.1 Å². The highest BCUT2D eigenvalue weighted by atomic mass is 79.9. The number of hydrogen-bond acceptors (Lipinski definition) is 5. The normalized spacial score (nSPS) is 11.6. The molecule has 0 fully saturated rings. The van der Waals surface area contributed by atoms with Crippen LogP contribution in [0.4, 0.5) is 5.88 Å². The largest absolute Gasteiger partial charge is 0.438 e. The van der Waals surface area contributed by atoms with E-state index < -0.39 is 11.5 Å². The van der Waals surface area contributed by atoms with Crippen LogP contribution in [0.2, 0.25) is 0 Å². The molecule has 2 N–H and O–H groups in total. The minimum absolute atomic E-state index is 0.449. The number of nitrogens with zero attached hydrogens (tertiary/aromatic N) is 2. The summed E-state index contributed by atoms with van der Waals surface area (Å²) in [7, 11) is 3.71. The number of carbonyl (C=O) groups excluding carboxylic acids is 1. The van der Waals surface area contributed by atoms with Gasteiger partial charge in [0, 0.05) is 20.2 Å². The first kappa shape index (κ1) is 19.9. The second kappa shape index (κ2) is 8.41. The summed E-state index contributed by atoms with van der Waals surface area (Å²) in [5.41, 5.74) is 1.44. The van der Waals surface area contributed by atoms with Gasteiger partial charge in [0.25, 0.3) is 5.91 Å². The number of rotatable bonds is 6. The Bertz CT molecular complexity index is 930. The molecule has 0 atom stereocenters. The van der Waals surface area contributed by atoms with Crippen molar-refractivity contribution in [3.8, 4) is 0 Å². The summed E-state index contributed by atoms with van der Waals surface area (Å²) in [6.07, 6.45) is 1.38. The van der Waals surface area contributed by atoms with Crippen molar-refractivity contribution >= 4 is 33.9 Å². The molecule has 0 aliphatic rings. The number of aliphatic hydroxyl groups is 1. The minimum Gasteiger partial charge on any atom is -0.438 e. The molecule has 0 spiro atoms. The molecule has 0 aliphatic heterocycles. The summed E-state index contributed by atoms with van der Waals surface area (Å²) in [5, 5.41) is 15.3. The standard InChI is InChI=1S/C21H20BrN3O3/c1-25(2)19-18(22)13-17(28-19)14-23-24-20(26)21(27,15-9-5-3-6-10-15)16-11-7-4-8-12-16/h3-14,27H,1-2H3,(H,24,26)/b23-14-. The van der Waals surface area contributed by atoms with Crippen LogP contribution in [0, 0.1) is 0 Å².